The van der Waals surface area contributed by atoms with E-state index in [9.17, 15) is 9.59 Å². The molecule has 0 bridgehead atoms. The van der Waals surface area contributed by atoms with E-state index in [1.807, 2.05) is 6.92 Å². The van der Waals surface area contributed by atoms with Crippen molar-refractivity contribution in [1.82, 2.24) is 9.55 Å². The number of halogens is 1. The highest BCUT2D eigenvalue weighted by molar-refractivity contribution is 14.1. The maximum atomic E-state index is 11.7. The van der Waals surface area contributed by atoms with Crippen LogP contribution in [0.2, 0.25) is 0 Å². The van der Waals surface area contributed by atoms with E-state index in [4.69, 9.17) is 4.74 Å². The van der Waals surface area contributed by atoms with Gasteiger partial charge in [0.1, 0.15) is 5.72 Å². The van der Waals surface area contributed by atoms with Crippen molar-refractivity contribution in [2.45, 2.75) is 31.6 Å². The summed E-state index contributed by atoms with van der Waals surface area (Å²) in [5.74, 6) is 0. The topological polar surface area (TPSA) is 64.1 Å². The minimum Gasteiger partial charge on any atom is -0.351 e. The zero-order valence-electron chi connectivity index (χ0n) is 8.90. The average Bonchev–Trinajstić information content (AvgIpc) is 2.61. The van der Waals surface area contributed by atoms with E-state index in [0.717, 1.165) is 17.3 Å². The van der Waals surface area contributed by atoms with E-state index >= 15 is 0 Å². The Morgan fingerprint density at radius 1 is 1.69 bits per heavy atom. The second-order valence-corrected chi connectivity index (χ2v) is 4.97. The van der Waals surface area contributed by atoms with E-state index in [0.29, 0.717) is 0 Å². The number of aromatic nitrogens is 2. The number of ether oxygens (including phenoxy) is 1. The van der Waals surface area contributed by atoms with Crippen molar-refractivity contribution in [3.05, 3.63) is 33.1 Å². The summed E-state index contributed by atoms with van der Waals surface area (Å²) in [6.07, 6.45) is 3.40. The highest BCUT2D eigenvalue weighted by Gasteiger charge is 2.37. The summed E-state index contributed by atoms with van der Waals surface area (Å²) < 4.78 is 8.21. The number of aromatic amines is 1. The van der Waals surface area contributed by atoms with Crippen molar-refractivity contribution in [2.24, 2.45) is 0 Å². The molecule has 1 aliphatic rings. The molecule has 0 radical (unpaired) electrons. The lowest BCUT2D eigenvalue weighted by molar-refractivity contribution is -0.0792. The van der Waals surface area contributed by atoms with Crippen LogP contribution in [0.3, 0.4) is 0 Å². The monoisotopic (exact) mass is 336 g/mol. The second-order valence-electron chi connectivity index (χ2n) is 4.09. The number of nitrogens with one attached hydrogen (secondary N) is 1. The van der Waals surface area contributed by atoms with E-state index < -0.39 is 11.4 Å². The molecule has 0 amide bonds. The molecule has 0 aromatic carbocycles. The van der Waals surface area contributed by atoms with Crippen LogP contribution in [0.25, 0.3) is 0 Å². The van der Waals surface area contributed by atoms with Gasteiger partial charge >= 0.3 is 5.69 Å². The fourth-order valence-electron chi connectivity index (χ4n) is 1.98. The first-order valence-electron chi connectivity index (χ1n) is 5.11. The molecule has 0 aliphatic carbocycles. The average molecular weight is 336 g/mol. The quantitative estimate of drug-likeness (QED) is 0.643. The molecule has 88 valence electrons. The Kier molecular flexibility index (Phi) is 3.20. The normalized spacial score (nSPS) is 29.5. The molecular formula is C10H13IN2O3. The maximum Gasteiger partial charge on any atom is 0.330 e. The molecule has 0 spiro atoms. The van der Waals surface area contributed by atoms with Gasteiger partial charge in [-0.2, -0.15) is 0 Å². The maximum absolute atomic E-state index is 11.7. The Hall–Kier alpha value is -0.630. The van der Waals surface area contributed by atoms with Crippen molar-refractivity contribution in [1.29, 1.82) is 0 Å². The molecule has 0 saturated carbocycles. The SMILES string of the molecule is C[C@]1(n2ccc(=O)[nH]c2=O)CC[C@@H](CI)O1. The number of rotatable bonds is 2. The molecule has 6 heteroatoms. The van der Waals surface area contributed by atoms with E-state index in [2.05, 4.69) is 27.6 Å². The zero-order valence-corrected chi connectivity index (χ0v) is 11.1. The molecule has 2 heterocycles. The Labute approximate surface area is 106 Å². The van der Waals surface area contributed by atoms with Gasteiger partial charge in [0.2, 0.25) is 0 Å². The lowest BCUT2D eigenvalue weighted by Gasteiger charge is -2.26. The lowest BCUT2D eigenvalue weighted by Crippen LogP contribution is -2.41. The minimum atomic E-state index is -0.628. The van der Waals surface area contributed by atoms with Gasteiger partial charge in [0.25, 0.3) is 5.56 Å². The van der Waals surface area contributed by atoms with Crippen molar-refractivity contribution < 1.29 is 4.74 Å². The Bertz CT molecular complexity index is 495. The van der Waals surface area contributed by atoms with Crippen molar-refractivity contribution in [3.63, 3.8) is 0 Å². The summed E-state index contributed by atoms with van der Waals surface area (Å²) >= 11 is 2.27. The lowest BCUT2D eigenvalue weighted by atomic mass is 10.1. The molecule has 1 aliphatic heterocycles. The highest BCUT2D eigenvalue weighted by atomic mass is 127. The van der Waals surface area contributed by atoms with Gasteiger partial charge in [0, 0.05) is 16.7 Å². The highest BCUT2D eigenvalue weighted by Crippen LogP contribution is 2.33. The fraction of sp³-hybridized carbons (Fsp3) is 0.600. The van der Waals surface area contributed by atoms with Crippen molar-refractivity contribution >= 4 is 22.6 Å². The van der Waals surface area contributed by atoms with E-state index in [1.165, 1.54) is 16.8 Å². The molecular weight excluding hydrogens is 323 g/mol. The Morgan fingerprint density at radius 3 is 3.00 bits per heavy atom. The number of hydrogen-bond acceptors (Lipinski definition) is 3. The van der Waals surface area contributed by atoms with Gasteiger partial charge in [0.15, 0.2) is 0 Å². The molecule has 1 aromatic rings. The van der Waals surface area contributed by atoms with Gasteiger partial charge < -0.3 is 4.74 Å². The summed E-state index contributed by atoms with van der Waals surface area (Å²) in [4.78, 5) is 24.9. The van der Waals surface area contributed by atoms with Gasteiger partial charge in [-0.3, -0.25) is 14.3 Å². The number of nitrogens with zero attached hydrogens (tertiary/aromatic N) is 1. The van der Waals surface area contributed by atoms with Crippen molar-refractivity contribution in [2.75, 3.05) is 4.43 Å². The summed E-state index contributed by atoms with van der Waals surface area (Å²) in [5.41, 5.74) is -1.42. The molecule has 16 heavy (non-hydrogen) atoms. The molecule has 2 rings (SSSR count). The third-order valence-electron chi connectivity index (χ3n) is 2.86. The van der Waals surface area contributed by atoms with Crippen LogP contribution in [0.1, 0.15) is 19.8 Å². The van der Waals surface area contributed by atoms with Crippen LogP contribution in [-0.4, -0.2) is 20.1 Å². The summed E-state index contributed by atoms with van der Waals surface area (Å²) in [6, 6.07) is 1.34. The largest absolute Gasteiger partial charge is 0.351 e. The smallest absolute Gasteiger partial charge is 0.330 e. The first kappa shape index (κ1) is 11.8. The molecule has 5 nitrogen and oxygen atoms in total. The van der Waals surface area contributed by atoms with Crippen LogP contribution in [0.4, 0.5) is 0 Å². The second kappa shape index (κ2) is 4.33. The summed E-state index contributed by atoms with van der Waals surface area (Å²) in [7, 11) is 0. The van der Waals surface area contributed by atoms with Gasteiger partial charge in [-0.05, 0) is 19.8 Å². The molecule has 1 saturated heterocycles. The number of H-pyrrole nitrogens is 1. The number of alkyl halides is 1. The van der Waals surface area contributed by atoms with Crippen LogP contribution >= 0.6 is 22.6 Å². The number of hydrogen-bond donors (Lipinski definition) is 1. The van der Waals surface area contributed by atoms with Gasteiger partial charge in [-0.25, -0.2) is 4.79 Å². The molecule has 0 unspecified atom stereocenters. The minimum absolute atomic E-state index is 0.185. The van der Waals surface area contributed by atoms with Crippen LogP contribution in [0, 0.1) is 0 Å². The first-order chi connectivity index (χ1) is 7.55. The van der Waals surface area contributed by atoms with Gasteiger partial charge in [0.05, 0.1) is 6.10 Å². The third kappa shape index (κ3) is 2.08. The van der Waals surface area contributed by atoms with Crippen LogP contribution in [0.15, 0.2) is 21.9 Å². The predicted molar refractivity (Wildman–Crippen MR) is 68.0 cm³/mol. The van der Waals surface area contributed by atoms with Crippen molar-refractivity contribution in [3.8, 4) is 0 Å². The van der Waals surface area contributed by atoms with E-state index in [1.54, 1.807) is 0 Å². The standard InChI is InChI=1S/C10H13IN2O3/c1-10(4-2-7(6-11)16-10)13-5-3-8(14)12-9(13)15/h3,5,7H,2,4,6H2,1H3,(H,12,14,15)/t7-,10+/m0/s1. The molecule has 1 aromatic heterocycles. The summed E-state index contributed by atoms with van der Waals surface area (Å²) in [5, 5.41) is 0. The third-order valence-corrected chi connectivity index (χ3v) is 3.84. The van der Waals surface area contributed by atoms with Crippen LogP contribution in [0.5, 0.6) is 0 Å². The molecule has 2 atom stereocenters. The van der Waals surface area contributed by atoms with Crippen LogP contribution < -0.4 is 11.2 Å². The van der Waals surface area contributed by atoms with Gasteiger partial charge in [-0.15, -0.1) is 0 Å². The predicted octanol–water partition coefficient (Wildman–Crippen LogP) is 0.823. The Balaban J connectivity index is 2.37. The van der Waals surface area contributed by atoms with Crippen LogP contribution in [-0.2, 0) is 10.5 Å². The molecule has 1 N–H and O–H groups in total. The Morgan fingerprint density at radius 2 is 2.44 bits per heavy atom. The fourth-order valence-corrected chi connectivity index (χ4v) is 2.60. The zero-order chi connectivity index (χ0) is 11.8. The molecule has 1 fully saturated rings. The summed E-state index contributed by atoms with van der Waals surface area (Å²) in [6.45, 7) is 1.87. The van der Waals surface area contributed by atoms with E-state index in [-0.39, 0.29) is 11.7 Å². The van der Waals surface area contributed by atoms with Gasteiger partial charge in [-0.1, -0.05) is 22.6 Å². The first-order valence-corrected chi connectivity index (χ1v) is 6.64.